The number of nitrogens with zero attached hydrogens (tertiary/aromatic N) is 1. The van der Waals surface area contributed by atoms with Gasteiger partial charge in [0.25, 0.3) is 0 Å². The number of nitrogens with one attached hydrogen (secondary N) is 1. The SMILES string of the molecule is CCC(CCN)CCC(=O)Nc1cnc(Br)c(C)c1. The predicted octanol–water partition coefficient (Wildman–Crippen LogP) is 3.25. The van der Waals surface area contributed by atoms with Gasteiger partial charge in [-0.25, -0.2) is 4.98 Å². The van der Waals surface area contributed by atoms with Crippen molar-refractivity contribution in [1.82, 2.24) is 4.98 Å². The molecule has 0 aromatic carbocycles. The molecule has 0 bridgehead atoms. The summed E-state index contributed by atoms with van der Waals surface area (Å²) < 4.78 is 0.805. The number of halogens is 1. The number of pyridine rings is 1. The van der Waals surface area contributed by atoms with Crippen LogP contribution < -0.4 is 11.1 Å². The summed E-state index contributed by atoms with van der Waals surface area (Å²) in [7, 11) is 0. The van der Waals surface area contributed by atoms with E-state index in [1.165, 1.54) is 0 Å². The number of nitrogens with two attached hydrogens (primary N) is 1. The van der Waals surface area contributed by atoms with Crippen LogP contribution in [0.25, 0.3) is 0 Å². The van der Waals surface area contributed by atoms with E-state index in [0.717, 1.165) is 35.1 Å². The Morgan fingerprint density at radius 3 is 2.84 bits per heavy atom. The third-order valence-electron chi connectivity index (χ3n) is 3.23. The van der Waals surface area contributed by atoms with Gasteiger partial charge in [0.05, 0.1) is 11.9 Å². The van der Waals surface area contributed by atoms with Crippen molar-refractivity contribution < 1.29 is 4.79 Å². The van der Waals surface area contributed by atoms with Crippen molar-refractivity contribution in [3.05, 3.63) is 22.4 Å². The van der Waals surface area contributed by atoms with Gasteiger partial charge >= 0.3 is 0 Å². The maximum atomic E-state index is 11.9. The molecule has 4 nitrogen and oxygen atoms in total. The van der Waals surface area contributed by atoms with E-state index in [9.17, 15) is 4.79 Å². The van der Waals surface area contributed by atoms with Gasteiger partial charge in [0, 0.05) is 6.42 Å². The molecular weight excluding hydrogens is 306 g/mol. The molecule has 3 N–H and O–H groups in total. The normalized spacial score (nSPS) is 12.2. The van der Waals surface area contributed by atoms with Gasteiger partial charge in [-0.05, 0) is 59.8 Å². The summed E-state index contributed by atoms with van der Waals surface area (Å²) in [5, 5.41) is 2.88. The highest BCUT2D eigenvalue weighted by molar-refractivity contribution is 9.10. The predicted molar refractivity (Wildman–Crippen MR) is 82.0 cm³/mol. The van der Waals surface area contributed by atoms with Crippen LogP contribution in [0.3, 0.4) is 0 Å². The first-order chi connectivity index (χ1) is 9.06. The van der Waals surface area contributed by atoms with Crippen LogP contribution in [0.5, 0.6) is 0 Å². The summed E-state index contributed by atoms with van der Waals surface area (Å²) >= 11 is 3.34. The number of rotatable bonds is 7. The van der Waals surface area contributed by atoms with Gasteiger partial charge in [0.15, 0.2) is 0 Å². The van der Waals surface area contributed by atoms with E-state index in [2.05, 4.69) is 33.2 Å². The average Bonchev–Trinajstić information content (AvgIpc) is 2.39. The molecule has 106 valence electrons. The van der Waals surface area contributed by atoms with Gasteiger partial charge in [-0.15, -0.1) is 0 Å². The molecule has 1 aromatic heterocycles. The third-order valence-corrected chi connectivity index (χ3v) is 4.06. The Morgan fingerprint density at radius 2 is 2.26 bits per heavy atom. The van der Waals surface area contributed by atoms with Gasteiger partial charge in [0.1, 0.15) is 4.60 Å². The monoisotopic (exact) mass is 327 g/mol. The zero-order chi connectivity index (χ0) is 14.3. The van der Waals surface area contributed by atoms with E-state index in [0.29, 0.717) is 18.9 Å². The summed E-state index contributed by atoms with van der Waals surface area (Å²) in [4.78, 5) is 16.0. The van der Waals surface area contributed by atoms with Crippen molar-refractivity contribution in [2.24, 2.45) is 11.7 Å². The largest absolute Gasteiger partial charge is 0.330 e. The minimum absolute atomic E-state index is 0.0407. The first kappa shape index (κ1) is 16.1. The van der Waals surface area contributed by atoms with Crippen molar-refractivity contribution in [1.29, 1.82) is 0 Å². The summed E-state index contributed by atoms with van der Waals surface area (Å²) in [5.41, 5.74) is 7.31. The van der Waals surface area contributed by atoms with Gasteiger partial charge in [-0.2, -0.15) is 0 Å². The zero-order valence-corrected chi connectivity index (χ0v) is 13.2. The van der Waals surface area contributed by atoms with Crippen molar-refractivity contribution in [3.63, 3.8) is 0 Å². The van der Waals surface area contributed by atoms with Gasteiger partial charge in [0.2, 0.25) is 5.91 Å². The Balaban J connectivity index is 2.44. The molecule has 0 aliphatic heterocycles. The lowest BCUT2D eigenvalue weighted by Crippen LogP contribution is -2.15. The molecule has 0 saturated carbocycles. The molecule has 0 fully saturated rings. The molecule has 1 amide bonds. The molecule has 1 rings (SSSR count). The molecule has 0 radical (unpaired) electrons. The molecule has 1 heterocycles. The molecular formula is C14H22BrN3O. The fraction of sp³-hybridized carbons (Fsp3) is 0.571. The molecule has 0 saturated heterocycles. The second-order valence-corrected chi connectivity index (χ2v) is 5.52. The standard InChI is InChI=1S/C14H22BrN3O/c1-3-11(6-7-16)4-5-13(19)18-12-8-10(2)14(15)17-9-12/h8-9,11H,3-7,16H2,1-2H3,(H,18,19). The Hall–Kier alpha value is -0.940. The number of hydrogen-bond acceptors (Lipinski definition) is 3. The van der Waals surface area contributed by atoms with Crippen LogP contribution in [0.4, 0.5) is 5.69 Å². The van der Waals surface area contributed by atoms with Crippen LogP contribution in [-0.2, 0) is 4.79 Å². The topological polar surface area (TPSA) is 68.0 Å². The van der Waals surface area contributed by atoms with Crippen molar-refractivity contribution in [2.75, 3.05) is 11.9 Å². The van der Waals surface area contributed by atoms with Crippen LogP contribution in [0.2, 0.25) is 0 Å². The Kier molecular flexibility index (Phi) is 7.02. The van der Waals surface area contributed by atoms with Gasteiger partial charge < -0.3 is 11.1 Å². The zero-order valence-electron chi connectivity index (χ0n) is 11.6. The average molecular weight is 328 g/mol. The molecule has 0 aliphatic carbocycles. The third kappa shape index (κ3) is 5.70. The smallest absolute Gasteiger partial charge is 0.224 e. The minimum Gasteiger partial charge on any atom is -0.330 e. The summed E-state index contributed by atoms with van der Waals surface area (Å²) in [6.45, 7) is 4.78. The lowest BCUT2D eigenvalue weighted by Gasteiger charge is -2.13. The van der Waals surface area contributed by atoms with E-state index >= 15 is 0 Å². The molecule has 1 unspecified atom stereocenters. The molecule has 1 aromatic rings. The number of carbonyl (C=O) groups excluding carboxylic acids is 1. The van der Waals surface area contributed by atoms with Crippen LogP contribution in [-0.4, -0.2) is 17.4 Å². The number of anilines is 1. The number of amides is 1. The van der Waals surface area contributed by atoms with Crippen molar-refractivity contribution >= 4 is 27.5 Å². The maximum Gasteiger partial charge on any atom is 0.224 e. The lowest BCUT2D eigenvalue weighted by molar-refractivity contribution is -0.116. The van der Waals surface area contributed by atoms with Crippen LogP contribution in [0.15, 0.2) is 16.9 Å². The summed E-state index contributed by atoms with van der Waals surface area (Å²) in [6.07, 6.45) is 5.15. The molecule has 0 aliphatic rings. The Morgan fingerprint density at radius 1 is 1.53 bits per heavy atom. The Bertz CT molecular complexity index is 423. The van der Waals surface area contributed by atoms with E-state index in [1.807, 2.05) is 13.0 Å². The molecule has 5 heteroatoms. The van der Waals surface area contributed by atoms with E-state index in [-0.39, 0.29) is 5.91 Å². The highest BCUT2D eigenvalue weighted by atomic mass is 79.9. The molecule has 1 atom stereocenters. The molecule has 0 spiro atoms. The summed E-state index contributed by atoms with van der Waals surface area (Å²) in [5.74, 6) is 0.583. The number of hydrogen-bond donors (Lipinski definition) is 2. The highest BCUT2D eigenvalue weighted by Crippen LogP contribution is 2.18. The number of carbonyl (C=O) groups is 1. The second kappa shape index (κ2) is 8.27. The van der Waals surface area contributed by atoms with E-state index in [4.69, 9.17) is 5.73 Å². The van der Waals surface area contributed by atoms with Crippen LogP contribution >= 0.6 is 15.9 Å². The van der Waals surface area contributed by atoms with E-state index in [1.54, 1.807) is 6.20 Å². The van der Waals surface area contributed by atoms with Gasteiger partial charge in [-0.1, -0.05) is 13.3 Å². The Labute approximate surface area is 123 Å². The fourth-order valence-corrected chi connectivity index (χ4v) is 2.19. The van der Waals surface area contributed by atoms with Crippen molar-refractivity contribution in [3.8, 4) is 0 Å². The summed E-state index contributed by atoms with van der Waals surface area (Å²) in [6, 6.07) is 1.91. The quantitative estimate of drug-likeness (QED) is 0.755. The second-order valence-electron chi connectivity index (χ2n) is 4.77. The molecule has 19 heavy (non-hydrogen) atoms. The lowest BCUT2D eigenvalue weighted by atomic mass is 9.96. The maximum absolute atomic E-state index is 11.9. The number of aryl methyl sites for hydroxylation is 1. The van der Waals surface area contributed by atoms with Crippen molar-refractivity contribution in [2.45, 2.75) is 39.5 Å². The first-order valence-corrected chi connectivity index (χ1v) is 7.48. The van der Waals surface area contributed by atoms with Crippen LogP contribution in [0.1, 0.15) is 38.2 Å². The first-order valence-electron chi connectivity index (χ1n) is 6.68. The fourth-order valence-electron chi connectivity index (χ4n) is 1.97. The minimum atomic E-state index is 0.0407. The van der Waals surface area contributed by atoms with Crippen LogP contribution in [0, 0.1) is 12.8 Å². The highest BCUT2D eigenvalue weighted by Gasteiger charge is 2.09. The number of aromatic nitrogens is 1. The van der Waals surface area contributed by atoms with Gasteiger partial charge in [-0.3, -0.25) is 4.79 Å². The van der Waals surface area contributed by atoms with E-state index < -0.39 is 0 Å².